The zero-order valence-corrected chi connectivity index (χ0v) is 43.4. The summed E-state index contributed by atoms with van der Waals surface area (Å²) in [5, 5.41) is 15.7. The number of benzene rings is 15. The molecule has 0 spiro atoms. The summed E-state index contributed by atoms with van der Waals surface area (Å²) in [6, 6.07) is 100. The molecular formula is C78H50. The second kappa shape index (κ2) is 17.3. The van der Waals surface area contributed by atoms with Crippen molar-refractivity contribution in [3.63, 3.8) is 0 Å². The Bertz CT molecular complexity index is 4600. The highest BCUT2D eigenvalue weighted by Crippen LogP contribution is 2.63. The molecule has 0 N–H and O–H groups in total. The van der Waals surface area contributed by atoms with Crippen molar-refractivity contribution < 1.29 is 0 Å². The van der Waals surface area contributed by atoms with E-state index in [9.17, 15) is 0 Å². The van der Waals surface area contributed by atoms with Crippen LogP contribution < -0.4 is 0 Å². The summed E-state index contributed by atoms with van der Waals surface area (Å²) in [6.45, 7) is 4.00. The van der Waals surface area contributed by atoms with E-state index in [4.69, 9.17) is 0 Å². The van der Waals surface area contributed by atoms with Gasteiger partial charge in [0.05, 0.1) is 0 Å². The van der Waals surface area contributed by atoms with Crippen LogP contribution >= 0.6 is 0 Å². The molecule has 0 amide bonds. The summed E-state index contributed by atoms with van der Waals surface area (Å²) in [7, 11) is 0. The molecule has 0 aliphatic heterocycles. The molecule has 0 fully saturated rings. The minimum atomic E-state index is 1.22. The standard InChI is InChI=1S/C76H44.C2H6/c1-5-21-45(22-6-1)49-29-13-15-31-51(49)69-55-35-19-17-33-53(55)65(47-25-9-3-10-26-47)73-61-41-37-57-58-38-42-62-72-64(44-40-60(68(58)72)59-39-43-63(75(69)73)71(61)67(57)59)76-70(52-32-16-14-30-50(52)46-23-7-2-8-24-46)56-36-20-18-34-54(56)66(74(62)76)48-27-11-4-12-28-48;1-2/h1-44H;1-2H3. The summed E-state index contributed by atoms with van der Waals surface area (Å²) in [4.78, 5) is 0. The van der Waals surface area contributed by atoms with E-state index < -0.39 is 0 Å². The van der Waals surface area contributed by atoms with Gasteiger partial charge < -0.3 is 0 Å². The van der Waals surface area contributed by atoms with Crippen LogP contribution in [0.2, 0.25) is 0 Å². The molecule has 0 heteroatoms. The highest BCUT2D eigenvalue weighted by atomic mass is 14.4. The molecule has 0 radical (unpaired) electrons. The molecule has 0 saturated heterocycles. The van der Waals surface area contributed by atoms with Crippen molar-refractivity contribution in [2.45, 2.75) is 13.8 Å². The molecule has 362 valence electrons. The smallest absolute Gasteiger partial charge is 0.000718 e. The third kappa shape index (κ3) is 6.12. The van der Waals surface area contributed by atoms with Gasteiger partial charge in [-0.15, -0.1) is 0 Å². The van der Waals surface area contributed by atoms with Crippen molar-refractivity contribution in [1.82, 2.24) is 0 Å². The molecule has 0 atom stereocenters. The fourth-order valence-corrected chi connectivity index (χ4v) is 14.2. The second-order valence-electron chi connectivity index (χ2n) is 20.8. The third-order valence-corrected chi connectivity index (χ3v) is 17.1. The first-order chi connectivity index (χ1) is 38.8. The number of hydrogen-bond donors (Lipinski definition) is 0. The van der Waals surface area contributed by atoms with Crippen LogP contribution in [0.1, 0.15) is 13.8 Å². The minimum Gasteiger partial charge on any atom is -0.0683 e. The van der Waals surface area contributed by atoms with E-state index in [1.54, 1.807) is 0 Å². The molecule has 15 aromatic carbocycles. The predicted octanol–water partition coefficient (Wildman–Crippen LogP) is 22.4. The van der Waals surface area contributed by atoms with Gasteiger partial charge in [0.15, 0.2) is 0 Å². The summed E-state index contributed by atoms with van der Waals surface area (Å²) in [6.07, 6.45) is 0. The van der Waals surface area contributed by atoms with Gasteiger partial charge >= 0.3 is 0 Å². The average Bonchev–Trinajstić information content (AvgIpc) is 2.61. The highest BCUT2D eigenvalue weighted by Gasteiger charge is 2.36. The maximum atomic E-state index is 2.47. The van der Waals surface area contributed by atoms with Crippen LogP contribution in [-0.4, -0.2) is 0 Å². The van der Waals surface area contributed by atoms with Crippen molar-refractivity contribution in [3.05, 3.63) is 267 Å². The minimum absolute atomic E-state index is 1.22. The first kappa shape index (κ1) is 44.4. The van der Waals surface area contributed by atoms with Gasteiger partial charge in [-0.05, 0) is 176 Å². The Morgan fingerprint density at radius 2 is 0.385 bits per heavy atom. The molecule has 0 aromatic heterocycles. The molecule has 78 heavy (non-hydrogen) atoms. The molecule has 15 aromatic rings. The molecule has 0 bridgehead atoms. The van der Waals surface area contributed by atoms with E-state index in [0.29, 0.717) is 0 Å². The Morgan fingerprint density at radius 3 is 0.705 bits per heavy atom. The predicted molar refractivity (Wildman–Crippen MR) is 335 cm³/mol. The van der Waals surface area contributed by atoms with E-state index in [2.05, 4.69) is 267 Å². The molecule has 17 rings (SSSR count). The lowest BCUT2D eigenvalue weighted by Crippen LogP contribution is -1.95. The average molecular weight is 987 g/mol. The Balaban J connectivity index is 0.00000252. The molecule has 0 nitrogen and oxygen atoms in total. The number of hydrogen-bond acceptors (Lipinski definition) is 0. The van der Waals surface area contributed by atoms with E-state index >= 15 is 0 Å². The molecule has 0 unspecified atom stereocenters. The highest BCUT2D eigenvalue weighted by molar-refractivity contribution is 6.42. The van der Waals surface area contributed by atoms with Gasteiger partial charge in [0.25, 0.3) is 0 Å². The Labute approximate surface area is 454 Å². The normalized spacial score (nSPS) is 12.0. The summed E-state index contributed by atoms with van der Waals surface area (Å²) >= 11 is 0. The quantitative estimate of drug-likeness (QED) is 0.115. The summed E-state index contributed by atoms with van der Waals surface area (Å²) < 4.78 is 0. The Morgan fingerprint density at radius 1 is 0.141 bits per heavy atom. The van der Waals surface area contributed by atoms with Gasteiger partial charge in [0.1, 0.15) is 0 Å². The van der Waals surface area contributed by atoms with E-state index in [1.807, 2.05) is 13.8 Å². The van der Waals surface area contributed by atoms with Crippen LogP contribution in [0.3, 0.4) is 0 Å². The topological polar surface area (TPSA) is 0 Å². The second-order valence-corrected chi connectivity index (χ2v) is 20.8. The number of rotatable bonds is 6. The van der Waals surface area contributed by atoms with Crippen LogP contribution in [0.15, 0.2) is 267 Å². The Hall–Kier alpha value is -9.88. The van der Waals surface area contributed by atoms with Gasteiger partial charge in [0.2, 0.25) is 0 Å². The lowest BCUT2D eigenvalue weighted by molar-refractivity contribution is 1.50. The van der Waals surface area contributed by atoms with Crippen molar-refractivity contribution in [3.8, 4) is 111 Å². The monoisotopic (exact) mass is 986 g/mol. The van der Waals surface area contributed by atoms with Gasteiger partial charge in [-0.25, -0.2) is 0 Å². The molecular weight excluding hydrogens is 937 g/mol. The van der Waals surface area contributed by atoms with E-state index in [1.165, 1.54) is 176 Å². The first-order valence-corrected chi connectivity index (χ1v) is 27.6. The Kier molecular flexibility index (Phi) is 9.87. The van der Waals surface area contributed by atoms with Crippen molar-refractivity contribution >= 4 is 64.6 Å². The van der Waals surface area contributed by atoms with Gasteiger partial charge in [-0.2, -0.15) is 0 Å². The fraction of sp³-hybridized carbons (Fsp3) is 0.0256. The molecule has 0 saturated carbocycles. The van der Waals surface area contributed by atoms with E-state index in [-0.39, 0.29) is 0 Å². The summed E-state index contributed by atoms with van der Waals surface area (Å²) in [5.74, 6) is 0. The van der Waals surface area contributed by atoms with Crippen molar-refractivity contribution in [2.24, 2.45) is 0 Å². The maximum Gasteiger partial charge on any atom is -0.000718 e. The van der Waals surface area contributed by atoms with Gasteiger partial charge in [-0.3, -0.25) is 0 Å². The molecule has 0 heterocycles. The van der Waals surface area contributed by atoms with Crippen LogP contribution in [-0.2, 0) is 0 Å². The van der Waals surface area contributed by atoms with Crippen LogP contribution in [0.25, 0.3) is 176 Å². The SMILES string of the molecule is CC.c1ccc(-c2ccccc2-c2c3c(c(-c4ccccc4)c4ccccc24)-c2ccc4c5ccc6c7c(ccc(c8ccc-3c2c48)c75)-c2c-6c(-c3ccccc3)c3ccccc3c2-c2ccccc2-c2ccccc2)cc1. The molecule has 2 aliphatic rings. The molecule has 2 aliphatic carbocycles. The van der Waals surface area contributed by atoms with Crippen LogP contribution in [0, 0.1) is 0 Å². The number of fused-ring (bicyclic) bond motifs is 10. The van der Waals surface area contributed by atoms with Crippen LogP contribution in [0.4, 0.5) is 0 Å². The maximum absolute atomic E-state index is 2.47. The van der Waals surface area contributed by atoms with Crippen molar-refractivity contribution in [1.29, 1.82) is 0 Å². The van der Waals surface area contributed by atoms with Crippen molar-refractivity contribution in [2.75, 3.05) is 0 Å². The van der Waals surface area contributed by atoms with E-state index in [0.717, 1.165) is 0 Å². The largest absolute Gasteiger partial charge is 0.0683 e. The van der Waals surface area contributed by atoms with Crippen LogP contribution in [0.5, 0.6) is 0 Å². The zero-order valence-electron chi connectivity index (χ0n) is 43.4. The zero-order chi connectivity index (χ0) is 51.6. The van der Waals surface area contributed by atoms with Gasteiger partial charge in [0, 0.05) is 0 Å². The fourth-order valence-electron chi connectivity index (χ4n) is 14.2. The first-order valence-electron chi connectivity index (χ1n) is 27.6. The third-order valence-electron chi connectivity index (χ3n) is 17.1. The van der Waals surface area contributed by atoms with Gasteiger partial charge in [-0.1, -0.05) is 281 Å². The summed E-state index contributed by atoms with van der Waals surface area (Å²) in [5.41, 5.74) is 25.5. The lowest BCUT2D eigenvalue weighted by Gasteiger charge is -2.22. The lowest BCUT2D eigenvalue weighted by atomic mass is 9.81.